The Morgan fingerprint density at radius 2 is 0.407 bits per heavy atom. The Bertz CT molecular complexity index is 1480. The van der Waals surface area contributed by atoms with Gasteiger partial charge in [-0.1, -0.05) is 135 Å². The summed E-state index contributed by atoms with van der Waals surface area (Å²) in [5, 5.41) is 9.68. The highest BCUT2D eigenvalue weighted by Gasteiger charge is 2.43. The average molecular weight is 1300 g/mol. The Morgan fingerprint density at radius 1 is 0.259 bits per heavy atom. The number of carbonyl (C=O) groups excluding carboxylic acids is 3. The van der Waals surface area contributed by atoms with E-state index in [1.165, 1.54) is 116 Å². The summed E-state index contributed by atoms with van der Waals surface area (Å²) in [5.41, 5.74) is 0. The molecule has 0 aromatic carbocycles. The van der Waals surface area contributed by atoms with E-state index in [4.69, 9.17) is 24.7 Å². The van der Waals surface area contributed by atoms with Crippen LogP contribution in [0.2, 0.25) is 156 Å². The van der Waals surface area contributed by atoms with Gasteiger partial charge >= 0.3 is 25.7 Å². The lowest BCUT2D eigenvalue weighted by Gasteiger charge is -2.38. The maximum atomic E-state index is 13.8. The van der Waals surface area contributed by atoms with E-state index in [2.05, 4.69) is 153 Å². The second kappa shape index (κ2) is 38.5. The number of hydrogen-bond acceptors (Lipinski definition) is 9. The van der Waals surface area contributed by atoms with Gasteiger partial charge in [0.25, 0.3) is 0 Å². The first-order valence-electron chi connectivity index (χ1n) is 33.2. The van der Waals surface area contributed by atoms with E-state index in [-0.39, 0.29) is 35.5 Å². The smallest absolute Gasteiger partial charge is 0.314 e. The maximum absolute atomic E-state index is 13.8. The highest BCUT2D eigenvalue weighted by molar-refractivity contribution is 6.89. The van der Waals surface area contributed by atoms with Gasteiger partial charge < -0.3 is 40.6 Å². The van der Waals surface area contributed by atoms with Crippen LogP contribution in [0, 0.1) is 17.8 Å². The van der Waals surface area contributed by atoms with Gasteiger partial charge in [-0.05, 0) is 194 Å². The summed E-state index contributed by atoms with van der Waals surface area (Å²) in [7, 11) is -16.5. The van der Waals surface area contributed by atoms with Crippen LogP contribution in [0.25, 0.3) is 0 Å². The van der Waals surface area contributed by atoms with E-state index < -0.39 is 75.6 Å². The molecule has 0 radical (unpaired) electrons. The van der Waals surface area contributed by atoms with Crippen molar-refractivity contribution >= 4 is 93.3 Å². The number of hydrogen-bond donors (Lipinski definition) is 3. The Balaban J connectivity index is 2.63. The Hall–Kier alpha value is 0.122. The summed E-state index contributed by atoms with van der Waals surface area (Å²) in [6.45, 7) is 49.8. The number of rotatable bonds is 48. The highest BCUT2D eigenvalue weighted by Crippen LogP contribution is 2.35. The summed E-state index contributed by atoms with van der Waals surface area (Å²) in [6, 6.07) is 3.25. The number of amides is 3. The zero-order chi connectivity index (χ0) is 61.7. The molecule has 1 aliphatic carbocycles. The number of carbonyl (C=O) groups is 3. The van der Waals surface area contributed by atoms with Gasteiger partial charge in [0.2, 0.25) is 17.7 Å². The maximum Gasteiger partial charge on any atom is 0.314 e. The average Bonchev–Trinajstić information content (AvgIpc) is 3.27. The Labute approximate surface area is 511 Å². The minimum atomic E-state index is -2.16. The van der Waals surface area contributed by atoms with Gasteiger partial charge in [-0.2, -0.15) is 0 Å². The molecule has 480 valence electrons. The van der Waals surface area contributed by atoms with Crippen LogP contribution in [0.1, 0.15) is 173 Å². The van der Waals surface area contributed by atoms with E-state index in [0.29, 0.717) is 38.9 Å². The van der Waals surface area contributed by atoms with Crippen molar-refractivity contribution in [3.63, 3.8) is 0 Å². The quantitative estimate of drug-likeness (QED) is 0.0401. The minimum absolute atomic E-state index is 0.00358. The molecule has 1 aliphatic rings. The molecule has 3 N–H and O–H groups in total. The van der Waals surface area contributed by atoms with Crippen LogP contribution in [0.3, 0.4) is 0 Å². The summed E-state index contributed by atoms with van der Waals surface area (Å²) < 4.78 is 40.2. The Kier molecular flexibility index (Phi) is 37.6. The zero-order valence-corrected chi connectivity index (χ0v) is 66.2. The summed E-state index contributed by atoms with van der Waals surface area (Å²) in [4.78, 5) is 41.3. The fourth-order valence-electron chi connectivity index (χ4n) is 12.2. The molecule has 1 fully saturated rings. The molecule has 0 heterocycles. The third-order valence-electron chi connectivity index (χ3n) is 14.5. The standard InChI is InChI=1S/C60H135N3O9Si9/c1-73(2,3)67-79(19,68-74(4,5)6)49-43-37-31-25-22-28-34-40-46-61-58(64)55-52-56(59(65)62-47-41-35-29-23-26-32-38-44-50-80(20,69-75(7,8)9)70-76(10,11)12)54-57(53-55)60(66)63-48-42-36-30-24-27-33-39-45-51-81(21,71-77(13,14)15)72-78(16,17)18/h55-57H,22-54H2,1-21H3,(H,61,64)(H,62,65)(H,63,66). The van der Waals surface area contributed by atoms with Crippen molar-refractivity contribution in [2.24, 2.45) is 17.8 Å². The SMILES string of the molecule is C[Si](C)(C)O[Si](C)(CCCCCCCCCCNC(=O)C1CC(C(=O)NCCCCCCCCCC[Si](C)(O[Si](C)(C)C)O[Si](C)(C)C)CC(C(=O)NCCCCCCCCCC[Si](C)(O[Si](C)(C)C)O[Si](C)(C)C)C1)O[Si](C)(C)C. The summed E-state index contributed by atoms with van der Waals surface area (Å²) in [5.74, 6) is -1.00. The molecular formula is C60H135N3O9Si9. The van der Waals surface area contributed by atoms with Crippen molar-refractivity contribution < 1.29 is 39.1 Å². The summed E-state index contributed by atoms with van der Waals surface area (Å²) in [6.07, 6.45) is 29.5. The predicted octanol–water partition coefficient (Wildman–Crippen LogP) is 18.1. The second-order valence-electron chi connectivity index (χ2n) is 31.1. The van der Waals surface area contributed by atoms with E-state index >= 15 is 0 Å². The molecule has 0 spiro atoms. The van der Waals surface area contributed by atoms with Gasteiger partial charge in [-0.15, -0.1) is 0 Å². The first kappa shape index (κ1) is 79.1. The molecule has 1 rings (SSSR count). The molecule has 81 heavy (non-hydrogen) atoms. The first-order valence-corrected chi connectivity index (χ1v) is 61.3. The minimum Gasteiger partial charge on any atom is -0.437 e. The zero-order valence-electron chi connectivity index (χ0n) is 57.2. The molecule has 0 aliphatic heterocycles. The van der Waals surface area contributed by atoms with Gasteiger partial charge in [0.15, 0.2) is 49.9 Å². The van der Waals surface area contributed by atoms with Crippen LogP contribution in [0.5, 0.6) is 0 Å². The van der Waals surface area contributed by atoms with Crippen LogP contribution in [0.15, 0.2) is 0 Å². The fraction of sp³-hybridized carbons (Fsp3) is 0.950. The van der Waals surface area contributed by atoms with Crippen LogP contribution >= 0.6 is 0 Å². The normalized spacial score (nSPS) is 17.4. The lowest BCUT2D eigenvalue weighted by atomic mass is 9.74. The third-order valence-corrected chi connectivity index (χ3v) is 43.4. The van der Waals surface area contributed by atoms with Gasteiger partial charge in [0, 0.05) is 37.4 Å². The van der Waals surface area contributed by atoms with Gasteiger partial charge in [-0.25, -0.2) is 0 Å². The largest absolute Gasteiger partial charge is 0.437 e. The molecule has 1 saturated carbocycles. The van der Waals surface area contributed by atoms with Crippen molar-refractivity contribution in [3.8, 4) is 0 Å². The second-order valence-corrected chi connectivity index (χ2v) is 69.6. The summed E-state index contributed by atoms with van der Waals surface area (Å²) >= 11 is 0. The molecular weight excluding hydrogens is 1160 g/mol. The first-order chi connectivity index (χ1) is 37.2. The molecule has 0 aromatic heterocycles. The van der Waals surface area contributed by atoms with E-state index in [1.807, 2.05) is 0 Å². The highest BCUT2D eigenvalue weighted by atomic mass is 28.5. The van der Waals surface area contributed by atoms with E-state index in [0.717, 1.165) is 56.7 Å². The molecule has 0 atom stereocenters. The number of nitrogens with one attached hydrogen (secondary N) is 3. The van der Waals surface area contributed by atoms with Crippen molar-refractivity contribution in [1.82, 2.24) is 16.0 Å². The van der Waals surface area contributed by atoms with Gasteiger partial charge in [-0.3, -0.25) is 14.4 Å². The topological polar surface area (TPSA) is 143 Å². The van der Waals surface area contributed by atoms with Crippen LogP contribution in [-0.4, -0.2) is 113 Å². The molecule has 0 unspecified atom stereocenters. The van der Waals surface area contributed by atoms with Crippen LogP contribution in [-0.2, 0) is 39.1 Å². The lowest BCUT2D eigenvalue weighted by Crippen LogP contribution is -2.52. The van der Waals surface area contributed by atoms with Crippen molar-refractivity contribution in [3.05, 3.63) is 0 Å². The lowest BCUT2D eigenvalue weighted by molar-refractivity contribution is -0.135. The molecule has 0 aromatic rings. The van der Waals surface area contributed by atoms with E-state index in [9.17, 15) is 14.4 Å². The molecule has 0 saturated heterocycles. The van der Waals surface area contributed by atoms with Crippen LogP contribution < -0.4 is 16.0 Å². The third kappa shape index (κ3) is 44.2. The van der Waals surface area contributed by atoms with Crippen molar-refractivity contribution in [2.75, 3.05) is 19.6 Å². The van der Waals surface area contributed by atoms with Crippen LogP contribution in [0.4, 0.5) is 0 Å². The fourth-order valence-corrected chi connectivity index (χ4v) is 50.0. The van der Waals surface area contributed by atoms with Crippen molar-refractivity contribution in [2.45, 2.75) is 329 Å². The molecule has 12 nitrogen and oxygen atoms in total. The van der Waals surface area contributed by atoms with Gasteiger partial charge in [0.05, 0.1) is 0 Å². The predicted molar refractivity (Wildman–Crippen MR) is 370 cm³/mol. The van der Waals surface area contributed by atoms with Gasteiger partial charge in [0.1, 0.15) is 0 Å². The molecule has 0 bridgehead atoms. The Morgan fingerprint density at radius 3 is 0.568 bits per heavy atom. The van der Waals surface area contributed by atoms with Crippen molar-refractivity contribution in [1.29, 1.82) is 0 Å². The molecule has 21 heteroatoms. The van der Waals surface area contributed by atoms with E-state index in [1.54, 1.807) is 0 Å². The number of unbranched alkanes of at least 4 members (excludes halogenated alkanes) is 21. The molecule has 3 amide bonds. The monoisotopic (exact) mass is 1290 g/mol.